The first-order valence-electron chi connectivity index (χ1n) is 9.07. The minimum atomic E-state index is -0.655. The molecule has 1 N–H and O–H groups in total. The summed E-state index contributed by atoms with van der Waals surface area (Å²) in [6.45, 7) is 1.03. The van der Waals surface area contributed by atoms with Gasteiger partial charge in [0.25, 0.3) is 5.88 Å². The van der Waals surface area contributed by atoms with Crippen molar-refractivity contribution in [2.45, 2.75) is 32.0 Å². The molecule has 158 valence electrons. The summed E-state index contributed by atoms with van der Waals surface area (Å²) in [7, 11) is 3.09. The van der Waals surface area contributed by atoms with Crippen molar-refractivity contribution >= 4 is 18.3 Å². The van der Waals surface area contributed by atoms with Crippen molar-refractivity contribution in [2.24, 2.45) is 0 Å². The zero-order chi connectivity index (χ0) is 20.1. The quantitative estimate of drug-likeness (QED) is 0.735. The SMILES string of the molecule is COc1nc(OCc2ccc(F)cc2)c(F)cc1CN(C)C(=O)[C@@H]1CCCN1.Cl. The van der Waals surface area contributed by atoms with Crippen molar-refractivity contribution in [3.8, 4) is 11.8 Å². The third kappa shape index (κ3) is 5.77. The molecule has 2 heterocycles. The average Bonchev–Trinajstić information content (AvgIpc) is 3.22. The van der Waals surface area contributed by atoms with Gasteiger partial charge < -0.3 is 19.7 Å². The number of methoxy groups -OCH3 is 1. The van der Waals surface area contributed by atoms with Gasteiger partial charge in [0.1, 0.15) is 12.4 Å². The summed E-state index contributed by atoms with van der Waals surface area (Å²) in [5.74, 6) is -1.08. The molecule has 1 aromatic heterocycles. The summed E-state index contributed by atoms with van der Waals surface area (Å²) < 4.78 is 38.1. The molecule has 0 saturated carbocycles. The number of benzene rings is 1. The van der Waals surface area contributed by atoms with Crippen molar-refractivity contribution in [2.75, 3.05) is 20.7 Å². The first-order valence-corrected chi connectivity index (χ1v) is 9.07. The maximum absolute atomic E-state index is 14.5. The Morgan fingerprint density at radius 2 is 2.00 bits per heavy atom. The number of likely N-dealkylation sites (N-methyl/N-ethyl adjacent to an activating group) is 1. The normalized spacial score (nSPS) is 15.5. The van der Waals surface area contributed by atoms with Gasteiger partial charge >= 0.3 is 0 Å². The van der Waals surface area contributed by atoms with Crippen LogP contribution in [0.25, 0.3) is 0 Å². The van der Waals surface area contributed by atoms with Crippen LogP contribution in [0.5, 0.6) is 11.8 Å². The summed E-state index contributed by atoms with van der Waals surface area (Å²) in [5.41, 5.74) is 1.13. The summed E-state index contributed by atoms with van der Waals surface area (Å²) in [6.07, 6.45) is 1.76. The van der Waals surface area contributed by atoms with Gasteiger partial charge in [0.05, 0.1) is 19.7 Å². The Labute approximate surface area is 174 Å². The summed E-state index contributed by atoms with van der Waals surface area (Å²) in [6, 6.07) is 6.77. The summed E-state index contributed by atoms with van der Waals surface area (Å²) in [4.78, 5) is 18.1. The molecule has 1 aromatic carbocycles. The molecule has 1 aliphatic rings. The van der Waals surface area contributed by atoms with Gasteiger partial charge in [0, 0.05) is 12.6 Å². The first-order chi connectivity index (χ1) is 13.5. The molecule has 0 radical (unpaired) electrons. The number of rotatable bonds is 7. The molecule has 0 bridgehead atoms. The van der Waals surface area contributed by atoms with Crippen molar-refractivity contribution in [3.05, 3.63) is 53.1 Å². The smallest absolute Gasteiger partial charge is 0.254 e. The van der Waals surface area contributed by atoms with E-state index < -0.39 is 5.82 Å². The number of carbonyl (C=O) groups excluding carboxylic acids is 1. The number of amides is 1. The van der Waals surface area contributed by atoms with Crippen molar-refractivity contribution in [3.63, 3.8) is 0 Å². The maximum Gasteiger partial charge on any atom is 0.254 e. The molecule has 6 nitrogen and oxygen atoms in total. The fraction of sp³-hybridized carbons (Fsp3) is 0.400. The van der Waals surface area contributed by atoms with Crippen LogP contribution in [-0.2, 0) is 17.9 Å². The van der Waals surface area contributed by atoms with Gasteiger partial charge in [0.15, 0.2) is 5.82 Å². The van der Waals surface area contributed by atoms with E-state index in [9.17, 15) is 13.6 Å². The monoisotopic (exact) mass is 427 g/mol. The van der Waals surface area contributed by atoms with E-state index in [1.807, 2.05) is 0 Å². The van der Waals surface area contributed by atoms with E-state index in [0.717, 1.165) is 19.4 Å². The fourth-order valence-electron chi connectivity index (χ4n) is 3.11. The molecule has 1 amide bonds. The Morgan fingerprint density at radius 3 is 2.62 bits per heavy atom. The Hall–Kier alpha value is -2.45. The number of hydrogen-bond acceptors (Lipinski definition) is 5. The van der Waals surface area contributed by atoms with Crippen LogP contribution in [0.1, 0.15) is 24.0 Å². The average molecular weight is 428 g/mol. The van der Waals surface area contributed by atoms with Gasteiger partial charge in [-0.05, 0) is 43.1 Å². The Bertz CT molecular complexity index is 830. The number of aromatic nitrogens is 1. The van der Waals surface area contributed by atoms with Crippen LogP contribution in [0.4, 0.5) is 8.78 Å². The molecule has 1 saturated heterocycles. The lowest BCUT2D eigenvalue weighted by Gasteiger charge is -2.22. The highest BCUT2D eigenvalue weighted by atomic mass is 35.5. The summed E-state index contributed by atoms with van der Waals surface area (Å²) in [5, 5.41) is 3.15. The number of nitrogens with one attached hydrogen (secondary N) is 1. The lowest BCUT2D eigenvalue weighted by Crippen LogP contribution is -2.41. The lowest BCUT2D eigenvalue weighted by molar-refractivity contribution is -0.132. The van der Waals surface area contributed by atoms with E-state index in [4.69, 9.17) is 9.47 Å². The Kier molecular flexibility index (Phi) is 8.16. The molecule has 3 rings (SSSR count). The van der Waals surface area contributed by atoms with Crippen LogP contribution < -0.4 is 14.8 Å². The molecule has 0 spiro atoms. The number of carbonyl (C=O) groups is 1. The zero-order valence-corrected chi connectivity index (χ0v) is 17.1. The molecule has 1 atom stereocenters. The molecule has 0 aliphatic carbocycles. The maximum atomic E-state index is 14.5. The molecular formula is C20H24ClF2N3O3. The zero-order valence-electron chi connectivity index (χ0n) is 16.3. The van der Waals surface area contributed by atoms with Crippen LogP contribution in [0.15, 0.2) is 30.3 Å². The second kappa shape index (κ2) is 10.4. The molecule has 2 aromatic rings. The van der Waals surface area contributed by atoms with Gasteiger partial charge in [-0.1, -0.05) is 12.1 Å². The largest absolute Gasteiger partial charge is 0.481 e. The summed E-state index contributed by atoms with van der Waals surface area (Å²) >= 11 is 0. The topological polar surface area (TPSA) is 63.7 Å². The number of pyridine rings is 1. The van der Waals surface area contributed by atoms with Gasteiger partial charge in [-0.25, -0.2) is 8.78 Å². The number of halogens is 3. The van der Waals surface area contributed by atoms with E-state index in [1.54, 1.807) is 19.2 Å². The number of ether oxygens (including phenoxy) is 2. The van der Waals surface area contributed by atoms with E-state index >= 15 is 0 Å². The second-order valence-electron chi connectivity index (χ2n) is 6.70. The highest BCUT2D eigenvalue weighted by Gasteiger charge is 2.26. The second-order valence-corrected chi connectivity index (χ2v) is 6.70. The van der Waals surface area contributed by atoms with E-state index in [0.29, 0.717) is 11.1 Å². The third-order valence-corrected chi connectivity index (χ3v) is 4.61. The molecule has 1 aliphatic heterocycles. The Morgan fingerprint density at radius 1 is 1.28 bits per heavy atom. The fourth-order valence-corrected chi connectivity index (χ4v) is 3.11. The highest BCUT2D eigenvalue weighted by molar-refractivity contribution is 5.85. The van der Waals surface area contributed by atoms with Crippen LogP contribution in [0.3, 0.4) is 0 Å². The molecular weight excluding hydrogens is 404 g/mol. The highest BCUT2D eigenvalue weighted by Crippen LogP contribution is 2.26. The lowest BCUT2D eigenvalue weighted by atomic mass is 10.2. The van der Waals surface area contributed by atoms with Crippen molar-refractivity contribution in [1.29, 1.82) is 0 Å². The Balaban J connectivity index is 0.00000300. The van der Waals surface area contributed by atoms with Crippen LogP contribution in [0, 0.1) is 11.6 Å². The van der Waals surface area contributed by atoms with Gasteiger partial charge in [-0.3, -0.25) is 4.79 Å². The van der Waals surface area contributed by atoms with Crippen LogP contribution in [-0.4, -0.2) is 42.5 Å². The first kappa shape index (κ1) is 22.8. The number of hydrogen-bond donors (Lipinski definition) is 1. The van der Waals surface area contributed by atoms with E-state index in [2.05, 4.69) is 10.3 Å². The minimum absolute atomic E-state index is 0. The molecule has 1 fully saturated rings. The van der Waals surface area contributed by atoms with Gasteiger partial charge in [-0.15, -0.1) is 12.4 Å². The predicted octanol–water partition coefficient (Wildman–Crippen LogP) is 3.08. The molecule has 9 heteroatoms. The van der Waals surface area contributed by atoms with E-state index in [-0.39, 0.29) is 55.1 Å². The van der Waals surface area contributed by atoms with Gasteiger partial charge in [-0.2, -0.15) is 4.98 Å². The van der Waals surface area contributed by atoms with E-state index in [1.165, 1.54) is 30.2 Å². The standard InChI is InChI=1S/C20H23F2N3O3.ClH/c1-25(20(26)17-4-3-9-23-17)11-14-10-16(22)19(24-18(14)27-2)28-12-13-5-7-15(21)8-6-13;/h5-8,10,17,23H,3-4,9,11-12H2,1-2H3;1H/t17-;/m0./s1. The third-order valence-electron chi connectivity index (χ3n) is 4.61. The molecule has 29 heavy (non-hydrogen) atoms. The van der Waals surface area contributed by atoms with Crippen molar-refractivity contribution in [1.82, 2.24) is 15.2 Å². The van der Waals surface area contributed by atoms with Gasteiger partial charge in [0.2, 0.25) is 11.8 Å². The predicted molar refractivity (Wildman–Crippen MR) is 106 cm³/mol. The van der Waals surface area contributed by atoms with Crippen molar-refractivity contribution < 1.29 is 23.0 Å². The van der Waals surface area contributed by atoms with Crippen LogP contribution >= 0.6 is 12.4 Å². The minimum Gasteiger partial charge on any atom is -0.481 e. The van der Waals surface area contributed by atoms with Crippen LogP contribution in [0.2, 0.25) is 0 Å². The number of nitrogens with zero attached hydrogens (tertiary/aromatic N) is 2. The molecule has 0 unspecified atom stereocenters.